The fourth-order valence-electron chi connectivity index (χ4n) is 1.84. The number of tetrazole rings is 1. The van der Waals surface area contributed by atoms with Crippen LogP contribution in [0, 0.1) is 0 Å². The Morgan fingerprint density at radius 2 is 2.18 bits per heavy atom. The Kier molecular flexibility index (Phi) is 4.56. The van der Waals surface area contributed by atoms with Gasteiger partial charge in [0.15, 0.2) is 0 Å². The van der Waals surface area contributed by atoms with Crippen molar-refractivity contribution in [3.63, 3.8) is 0 Å². The Bertz CT molecular complexity index is 703. The fourth-order valence-corrected chi connectivity index (χ4v) is 3.00. The van der Waals surface area contributed by atoms with Crippen LogP contribution in [0.25, 0.3) is 0 Å². The van der Waals surface area contributed by atoms with E-state index in [9.17, 15) is 4.79 Å². The lowest BCUT2D eigenvalue weighted by atomic mass is 10.3. The molecular formula is C13H13Cl2N5OS. The zero-order valence-corrected chi connectivity index (χ0v) is 14.0. The van der Waals surface area contributed by atoms with E-state index >= 15 is 0 Å². The van der Waals surface area contributed by atoms with Crippen LogP contribution in [0.5, 0.6) is 0 Å². The van der Waals surface area contributed by atoms with E-state index in [0.717, 1.165) is 12.8 Å². The zero-order valence-electron chi connectivity index (χ0n) is 11.7. The van der Waals surface area contributed by atoms with Gasteiger partial charge in [-0.3, -0.25) is 4.79 Å². The van der Waals surface area contributed by atoms with E-state index in [1.54, 1.807) is 22.9 Å². The second kappa shape index (κ2) is 6.44. The van der Waals surface area contributed by atoms with Crippen LogP contribution in [0.4, 0.5) is 5.69 Å². The Labute approximate surface area is 141 Å². The van der Waals surface area contributed by atoms with Crippen molar-refractivity contribution in [2.45, 2.75) is 36.2 Å². The Morgan fingerprint density at radius 3 is 2.86 bits per heavy atom. The maximum absolute atomic E-state index is 12.2. The van der Waals surface area contributed by atoms with Gasteiger partial charge in [0.2, 0.25) is 11.1 Å². The molecule has 0 saturated heterocycles. The highest BCUT2D eigenvalue weighted by molar-refractivity contribution is 8.00. The highest BCUT2D eigenvalue weighted by Crippen LogP contribution is 2.37. The summed E-state index contributed by atoms with van der Waals surface area (Å²) in [7, 11) is 0. The van der Waals surface area contributed by atoms with E-state index in [1.165, 1.54) is 11.8 Å². The molecule has 116 valence electrons. The second-order valence-electron chi connectivity index (χ2n) is 5.02. The topological polar surface area (TPSA) is 72.7 Å². The molecule has 9 heteroatoms. The van der Waals surface area contributed by atoms with E-state index in [0.29, 0.717) is 26.9 Å². The molecule has 1 aromatic carbocycles. The molecule has 0 spiro atoms. The van der Waals surface area contributed by atoms with E-state index in [-0.39, 0.29) is 11.2 Å². The van der Waals surface area contributed by atoms with Crippen molar-refractivity contribution in [2.24, 2.45) is 0 Å². The summed E-state index contributed by atoms with van der Waals surface area (Å²) >= 11 is 13.1. The number of rotatable bonds is 5. The number of halogens is 2. The van der Waals surface area contributed by atoms with Crippen molar-refractivity contribution >= 4 is 46.6 Å². The molecule has 1 saturated carbocycles. The SMILES string of the molecule is CC(Sc1nnnn1C1CC1)C(=O)Nc1ccc(Cl)c(Cl)c1. The van der Waals surface area contributed by atoms with Crippen molar-refractivity contribution in [1.29, 1.82) is 0 Å². The lowest BCUT2D eigenvalue weighted by molar-refractivity contribution is -0.115. The van der Waals surface area contributed by atoms with Crippen LogP contribution in [0.2, 0.25) is 10.0 Å². The Hall–Kier alpha value is -1.31. The van der Waals surface area contributed by atoms with Gasteiger partial charge in [-0.15, -0.1) is 5.10 Å². The third-order valence-corrected chi connectivity index (χ3v) is 4.98. The summed E-state index contributed by atoms with van der Waals surface area (Å²) in [4.78, 5) is 12.2. The number of nitrogens with one attached hydrogen (secondary N) is 1. The maximum Gasteiger partial charge on any atom is 0.237 e. The predicted molar refractivity (Wildman–Crippen MR) is 86.5 cm³/mol. The van der Waals surface area contributed by atoms with E-state index < -0.39 is 0 Å². The first kappa shape index (κ1) is 15.6. The number of benzene rings is 1. The lowest BCUT2D eigenvalue weighted by Gasteiger charge is -2.12. The molecule has 1 heterocycles. The number of carbonyl (C=O) groups excluding carboxylic acids is 1. The van der Waals surface area contributed by atoms with Gasteiger partial charge in [0.05, 0.1) is 21.3 Å². The quantitative estimate of drug-likeness (QED) is 0.829. The third kappa shape index (κ3) is 3.53. The first-order valence-electron chi connectivity index (χ1n) is 6.75. The maximum atomic E-state index is 12.2. The molecule has 0 bridgehead atoms. The zero-order chi connectivity index (χ0) is 15.7. The third-order valence-electron chi connectivity index (χ3n) is 3.19. The summed E-state index contributed by atoms with van der Waals surface area (Å²) in [5, 5.41) is 15.6. The van der Waals surface area contributed by atoms with Crippen molar-refractivity contribution in [3.05, 3.63) is 28.2 Å². The second-order valence-corrected chi connectivity index (χ2v) is 7.14. The molecule has 1 amide bonds. The van der Waals surface area contributed by atoms with Crippen molar-refractivity contribution < 1.29 is 4.79 Å². The molecule has 6 nitrogen and oxygen atoms in total. The minimum Gasteiger partial charge on any atom is -0.325 e. The Morgan fingerprint density at radius 1 is 1.41 bits per heavy atom. The lowest BCUT2D eigenvalue weighted by Crippen LogP contribution is -2.23. The molecule has 1 aromatic heterocycles. The minimum absolute atomic E-state index is 0.145. The Balaban J connectivity index is 1.63. The van der Waals surface area contributed by atoms with Crippen LogP contribution in [0.1, 0.15) is 25.8 Å². The van der Waals surface area contributed by atoms with Crippen molar-refractivity contribution in [1.82, 2.24) is 20.2 Å². The molecule has 1 aliphatic rings. The van der Waals surface area contributed by atoms with Crippen molar-refractivity contribution in [3.8, 4) is 0 Å². The fraction of sp³-hybridized carbons (Fsp3) is 0.385. The molecule has 3 rings (SSSR count). The summed E-state index contributed by atoms with van der Waals surface area (Å²) < 4.78 is 1.79. The van der Waals surface area contributed by atoms with Gasteiger partial charge in [0, 0.05) is 5.69 Å². The number of hydrogen-bond acceptors (Lipinski definition) is 5. The summed E-state index contributed by atoms with van der Waals surface area (Å²) in [5.41, 5.74) is 0.605. The van der Waals surface area contributed by atoms with Gasteiger partial charge in [-0.2, -0.15) is 0 Å². The van der Waals surface area contributed by atoms with Crippen LogP contribution in [0.15, 0.2) is 23.4 Å². The number of thioether (sulfide) groups is 1. The molecular weight excluding hydrogens is 345 g/mol. The number of amides is 1. The van der Waals surface area contributed by atoms with Gasteiger partial charge >= 0.3 is 0 Å². The summed E-state index contributed by atoms with van der Waals surface area (Å²) in [6.45, 7) is 1.81. The minimum atomic E-state index is -0.335. The van der Waals surface area contributed by atoms with Gasteiger partial charge in [-0.25, -0.2) is 4.68 Å². The predicted octanol–water partition coefficient (Wildman–Crippen LogP) is 3.43. The van der Waals surface area contributed by atoms with Crippen molar-refractivity contribution in [2.75, 3.05) is 5.32 Å². The molecule has 2 aromatic rings. The number of hydrogen-bond donors (Lipinski definition) is 1. The average molecular weight is 358 g/mol. The van der Waals surface area contributed by atoms with Crippen LogP contribution in [-0.4, -0.2) is 31.4 Å². The standard InChI is InChI=1S/C13H13Cl2N5OS/c1-7(22-13-17-18-19-20(13)9-3-4-9)12(21)16-8-2-5-10(14)11(15)6-8/h2,5-7,9H,3-4H2,1H3,(H,16,21). The summed E-state index contributed by atoms with van der Waals surface area (Å²) in [6, 6.07) is 5.35. The monoisotopic (exact) mass is 357 g/mol. The molecule has 1 unspecified atom stereocenters. The number of aromatic nitrogens is 4. The van der Waals surface area contributed by atoms with Gasteiger partial charge in [0.1, 0.15) is 0 Å². The smallest absolute Gasteiger partial charge is 0.237 e. The summed E-state index contributed by atoms with van der Waals surface area (Å²) in [5.74, 6) is -0.145. The van der Waals surface area contributed by atoms with E-state index in [2.05, 4.69) is 20.8 Å². The number of nitrogens with zero attached hydrogens (tertiary/aromatic N) is 4. The molecule has 1 aliphatic carbocycles. The average Bonchev–Trinajstić information content (AvgIpc) is 3.23. The van der Waals surface area contributed by atoms with Crippen LogP contribution in [-0.2, 0) is 4.79 Å². The number of anilines is 1. The first-order valence-corrected chi connectivity index (χ1v) is 8.38. The van der Waals surface area contributed by atoms with Gasteiger partial charge in [0.25, 0.3) is 0 Å². The largest absolute Gasteiger partial charge is 0.325 e. The number of carbonyl (C=O) groups is 1. The highest BCUT2D eigenvalue weighted by Gasteiger charge is 2.29. The summed E-state index contributed by atoms with van der Waals surface area (Å²) in [6.07, 6.45) is 2.17. The first-order chi connectivity index (χ1) is 10.5. The van der Waals surface area contributed by atoms with E-state index in [4.69, 9.17) is 23.2 Å². The molecule has 1 N–H and O–H groups in total. The normalized spacial score (nSPS) is 15.6. The molecule has 0 radical (unpaired) electrons. The molecule has 1 fully saturated rings. The van der Waals surface area contributed by atoms with Crippen LogP contribution < -0.4 is 5.32 Å². The molecule has 1 atom stereocenters. The van der Waals surface area contributed by atoms with Crippen LogP contribution in [0.3, 0.4) is 0 Å². The highest BCUT2D eigenvalue weighted by atomic mass is 35.5. The van der Waals surface area contributed by atoms with Gasteiger partial charge < -0.3 is 5.32 Å². The molecule has 0 aliphatic heterocycles. The van der Waals surface area contributed by atoms with Crippen LogP contribution >= 0.6 is 35.0 Å². The van der Waals surface area contributed by atoms with Gasteiger partial charge in [-0.1, -0.05) is 35.0 Å². The van der Waals surface area contributed by atoms with Gasteiger partial charge in [-0.05, 0) is 48.4 Å². The molecule has 22 heavy (non-hydrogen) atoms. The van der Waals surface area contributed by atoms with E-state index in [1.807, 2.05) is 6.92 Å².